The van der Waals surface area contributed by atoms with Crippen LogP contribution in [0.25, 0.3) is 17.2 Å². The number of fused-ring (bicyclic) bond motifs is 9. The Hall–Kier alpha value is 3.96. The Bertz CT molecular complexity index is 1600. The van der Waals surface area contributed by atoms with E-state index in [1.54, 1.807) is 6.92 Å². The zero-order valence-electron chi connectivity index (χ0n) is 48.6. The maximum Gasteiger partial charge on any atom is 1.00 e. The Labute approximate surface area is 621 Å². The van der Waals surface area contributed by atoms with Gasteiger partial charge in [-0.05, 0) is 146 Å². The van der Waals surface area contributed by atoms with Gasteiger partial charge in [0.2, 0.25) is 0 Å². The molecule has 2 radical (unpaired) electrons. The minimum atomic E-state index is -0.543. The monoisotopic (exact) mass is 1450 g/mol. The first-order chi connectivity index (χ1) is 32.5. The number of nitrogens with zero attached hydrogens (tertiary/aromatic N) is 3. The van der Waals surface area contributed by atoms with Crippen LogP contribution in [0.15, 0.2) is 72.8 Å². The number of piperidine rings is 9. The maximum atomic E-state index is 7.29. The number of nitrogens with one attached hydrogen (secondary N) is 3. The summed E-state index contributed by atoms with van der Waals surface area (Å²) >= 11 is -1.09. The SMILES string of the molecule is C.C.C.CB(C)B(C)C.CC[NH-].C[NH-].Cc1ccc(O[C@H]2CN3CCC2CC3)cc1.Cc1ccc(O[C@H]2CN3CCC2CC3)cc1.[CH3][Sn]([CH3])[CH3].[CH3][Sn]([CH3])[CH3].[NH-]Cc1ccc(O[C@H]2CN3CCC2CC3)cc1.[Rb+].[Rb+].[Rb+]. The van der Waals surface area contributed by atoms with Crippen LogP contribution in [-0.2, 0) is 6.54 Å². The molecule has 0 unspecified atom stereocenters. The van der Waals surface area contributed by atoms with Crippen LogP contribution in [-0.4, -0.2) is 158 Å². The molecule has 0 spiro atoms. The molecular weight excluding hydrogens is 1340 g/mol. The van der Waals surface area contributed by atoms with E-state index in [0.29, 0.717) is 31.4 Å². The first-order valence-electron chi connectivity index (χ1n) is 26.2. The first-order valence-corrected chi connectivity index (χ1v) is 43.3. The topological polar surface area (TPSA) is 109 Å². The average Bonchev–Trinajstić information content (AvgIpc) is 3.33. The number of hydrogen-bond donors (Lipinski definition) is 0. The summed E-state index contributed by atoms with van der Waals surface area (Å²) in [6.07, 6.45) is 9.06. The molecule has 406 valence electrons. The maximum absolute atomic E-state index is 7.29. The van der Waals surface area contributed by atoms with Crippen LogP contribution in [0.1, 0.15) is 84.4 Å². The molecular formula is C58H109B2N6O3Rb3Sn2. The van der Waals surface area contributed by atoms with Gasteiger partial charge in [0.15, 0.2) is 0 Å². The van der Waals surface area contributed by atoms with Crippen LogP contribution in [0.5, 0.6) is 17.2 Å². The standard InChI is InChI=1S/C14H19N2O.2C14H19NO.C4H12B2.C2H6N.CH4N.3CH4.6CH3.3Rb.2Sn/c15-9-11-1-3-13(4-2-11)17-14-10-16-7-5-12(14)6-8-16;2*1-11-2-4-13(5-3-11)16-14-10-15-8-6-12(14)7-9-15;1-5(2)6(3)4;1-2-3;1-2;;;;;;;;;;;;;;/h1-4,12,14-15H,5-10H2;2*2-5,12,14H,6-10H2,1H3;1-4H3;3H,2H2,1H3;2H,1H3;3*1H4;6*1H3;;;;;/q-1;;;;2*-1;;;;;;;;;;3*+1;;/t3*14-;;;;;;;;;;;;;;;;;/m000................./s1. The largest absolute Gasteiger partial charge is 1.00 e. The molecule has 9 saturated heterocycles. The van der Waals surface area contributed by atoms with Crippen molar-refractivity contribution >= 4 is 52.7 Å². The molecule has 3 N–H and O–H groups in total. The fourth-order valence-electron chi connectivity index (χ4n) is 8.58. The number of ether oxygens (including phenoxy) is 3. The molecule has 9 aliphatic rings. The quantitative estimate of drug-likeness (QED) is 0.235. The van der Waals surface area contributed by atoms with Crippen LogP contribution in [0.4, 0.5) is 0 Å². The second-order valence-electron chi connectivity index (χ2n) is 21.2. The van der Waals surface area contributed by atoms with Gasteiger partial charge in [-0.1, -0.05) is 110 Å². The van der Waals surface area contributed by atoms with Crippen molar-refractivity contribution in [2.75, 3.05) is 72.5 Å². The van der Waals surface area contributed by atoms with Gasteiger partial charge in [-0.25, -0.2) is 0 Å². The predicted molar refractivity (Wildman–Crippen MR) is 325 cm³/mol. The smallest absolute Gasteiger partial charge is 0.674 e. The number of aryl methyl sites for hydroxylation is 2. The fraction of sp³-hybridized carbons (Fsp3) is 0.690. The van der Waals surface area contributed by atoms with Crippen LogP contribution >= 0.6 is 0 Å². The molecule has 9 fully saturated rings. The van der Waals surface area contributed by atoms with E-state index >= 15 is 0 Å². The number of benzene rings is 3. The average molecular weight is 1450 g/mol. The Morgan fingerprint density at radius 3 is 0.824 bits per heavy atom. The summed E-state index contributed by atoms with van der Waals surface area (Å²) in [6.45, 7) is 28.5. The Morgan fingerprint density at radius 2 is 0.662 bits per heavy atom. The molecule has 16 heteroatoms. The van der Waals surface area contributed by atoms with Crippen molar-refractivity contribution in [2.45, 2.75) is 163 Å². The molecule has 3 atom stereocenters. The van der Waals surface area contributed by atoms with Gasteiger partial charge in [0, 0.05) is 19.6 Å². The van der Waals surface area contributed by atoms with E-state index in [1.165, 1.54) is 96.0 Å². The molecule has 9 aliphatic heterocycles. The molecule has 6 bridgehead atoms. The molecule has 3 aromatic carbocycles. The Morgan fingerprint density at radius 1 is 0.459 bits per heavy atom. The Kier molecular flexibility index (Phi) is 60.2. The van der Waals surface area contributed by atoms with Crippen molar-refractivity contribution in [3.63, 3.8) is 0 Å². The minimum Gasteiger partial charge on any atom is -0.674 e. The van der Waals surface area contributed by atoms with E-state index in [4.69, 9.17) is 31.4 Å². The summed E-state index contributed by atoms with van der Waals surface area (Å²) in [5, 5.41) is 0. The molecule has 0 amide bonds. The number of rotatable bonds is 8. The van der Waals surface area contributed by atoms with E-state index in [0.717, 1.165) is 73.4 Å². The summed E-state index contributed by atoms with van der Waals surface area (Å²) in [7, 11) is 1.25. The van der Waals surface area contributed by atoms with Crippen molar-refractivity contribution in [1.82, 2.24) is 14.7 Å². The zero-order valence-corrected chi connectivity index (χ0v) is 69.1. The van der Waals surface area contributed by atoms with Gasteiger partial charge in [0.25, 0.3) is 0 Å². The van der Waals surface area contributed by atoms with Crippen molar-refractivity contribution < 1.29 is 189 Å². The molecule has 74 heavy (non-hydrogen) atoms. The molecule has 0 saturated carbocycles. The summed E-state index contributed by atoms with van der Waals surface area (Å²) in [6, 6.07) is 24.8. The van der Waals surface area contributed by atoms with E-state index in [2.05, 4.69) is 134 Å². The van der Waals surface area contributed by atoms with Gasteiger partial charge in [0.1, 0.15) is 48.8 Å². The van der Waals surface area contributed by atoms with E-state index in [-0.39, 0.29) is 197 Å². The predicted octanol–water partition coefficient (Wildman–Crippen LogP) is 6.61. The molecule has 3 aromatic rings. The van der Waals surface area contributed by atoms with Gasteiger partial charge in [-0.15, -0.1) is 6.54 Å². The second-order valence-corrected chi connectivity index (χ2v) is 38.3. The van der Waals surface area contributed by atoms with E-state index in [9.17, 15) is 0 Å². The third-order valence-corrected chi connectivity index (χ3v) is 13.2. The molecule has 0 aliphatic carbocycles. The molecule has 9 nitrogen and oxygen atoms in total. The van der Waals surface area contributed by atoms with Crippen LogP contribution in [0.3, 0.4) is 0 Å². The molecule has 0 aromatic heterocycles. The summed E-state index contributed by atoms with van der Waals surface area (Å²) in [5.74, 6) is 5.34. The van der Waals surface area contributed by atoms with Gasteiger partial charge < -0.3 is 31.4 Å². The first kappa shape index (κ1) is 86.7. The van der Waals surface area contributed by atoms with Crippen molar-refractivity contribution in [3.05, 3.63) is 107 Å². The summed E-state index contributed by atoms with van der Waals surface area (Å²) in [5.41, 5.74) is 22.9. The summed E-state index contributed by atoms with van der Waals surface area (Å²) < 4.78 is 18.3. The van der Waals surface area contributed by atoms with Crippen LogP contribution in [0, 0.1) is 31.6 Å². The van der Waals surface area contributed by atoms with Crippen LogP contribution < -0.4 is 189 Å². The van der Waals surface area contributed by atoms with Crippen molar-refractivity contribution in [2.24, 2.45) is 17.8 Å². The molecule has 12 rings (SSSR count). The summed E-state index contributed by atoms with van der Waals surface area (Å²) in [4.78, 5) is 21.7. The zero-order chi connectivity index (χ0) is 50.6. The van der Waals surface area contributed by atoms with E-state index in [1.807, 2.05) is 24.3 Å². The second kappa shape index (κ2) is 51.4. The van der Waals surface area contributed by atoms with Crippen molar-refractivity contribution in [1.29, 1.82) is 0 Å². The van der Waals surface area contributed by atoms with Gasteiger partial charge in [-0.2, -0.15) is 13.6 Å². The third kappa shape index (κ3) is 38.0. The van der Waals surface area contributed by atoms with Crippen molar-refractivity contribution in [3.8, 4) is 17.2 Å². The number of hydrogen-bond acceptors (Lipinski definition) is 6. The van der Waals surface area contributed by atoms with Gasteiger partial charge >= 0.3 is 244 Å². The normalized spacial score (nSPS) is 23.3. The van der Waals surface area contributed by atoms with E-state index < -0.39 is 39.5 Å². The van der Waals surface area contributed by atoms with Crippen LogP contribution in [0.2, 0.25) is 56.9 Å². The van der Waals surface area contributed by atoms with Gasteiger partial charge in [-0.3, -0.25) is 14.7 Å². The molecule has 9 heterocycles. The Balaban J connectivity index is -0.000000266. The fourth-order valence-corrected chi connectivity index (χ4v) is 8.58. The van der Waals surface area contributed by atoms with Gasteiger partial charge in [0.05, 0.1) is 0 Å². The third-order valence-electron chi connectivity index (χ3n) is 13.2. The minimum absolute atomic E-state index is 0.